The van der Waals surface area contributed by atoms with Crippen LogP contribution in [0.25, 0.3) is 0 Å². The molecule has 0 amide bonds. The van der Waals surface area contributed by atoms with E-state index in [2.05, 4.69) is 11.4 Å². The summed E-state index contributed by atoms with van der Waals surface area (Å²) in [5.74, 6) is 0. The number of nitrogens with zero attached hydrogens (tertiary/aromatic N) is 1. The fourth-order valence-electron chi connectivity index (χ4n) is 1.65. The lowest BCUT2D eigenvalue weighted by Crippen LogP contribution is -2.33. The quantitative estimate of drug-likeness (QED) is 0.848. The van der Waals surface area contributed by atoms with Crippen LogP contribution in [0.2, 0.25) is 0 Å². The third kappa shape index (κ3) is 4.08. The predicted octanol–water partition coefficient (Wildman–Crippen LogP) is 3.09. The van der Waals surface area contributed by atoms with Crippen LogP contribution < -0.4 is 5.32 Å². The summed E-state index contributed by atoms with van der Waals surface area (Å²) in [6.45, 7) is 9.43. The average Bonchev–Trinajstić information content (AvgIpc) is 2.27. The van der Waals surface area contributed by atoms with Crippen molar-refractivity contribution >= 4 is 5.69 Å². The van der Waals surface area contributed by atoms with E-state index in [1.807, 2.05) is 45.9 Å². The van der Waals surface area contributed by atoms with E-state index in [1.54, 1.807) is 0 Å². The largest absolute Gasteiger partial charge is 0.381 e. The Kier molecular flexibility index (Phi) is 4.53. The summed E-state index contributed by atoms with van der Waals surface area (Å²) in [5.41, 5.74) is 2.45. The Morgan fingerprint density at radius 1 is 1.41 bits per heavy atom. The van der Waals surface area contributed by atoms with E-state index in [1.165, 1.54) is 0 Å². The van der Waals surface area contributed by atoms with E-state index >= 15 is 0 Å². The highest BCUT2D eigenvalue weighted by molar-refractivity contribution is 5.58. The smallest absolute Gasteiger partial charge is 0.101 e. The SMILES string of the molecule is CCOC(C)(C)CNc1cc(C)ccc1C#N. The molecule has 0 aliphatic carbocycles. The van der Waals surface area contributed by atoms with E-state index in [4.69, 9.17) is 10.00 Å². The molecule has 0 aromatic heterocycles. The van der Waals surface area contributed by atoms with Crippen molar-refractivity contribution in [3.63, 3.8) is 0 Å². The Balaban J connectivity index is 2.75. The summed E-state index contributed by atoms with van der Waals surface area (Å²) in [5, 5.41) is 12.3. The van der Waals surface area contributed by atoms with Crippen LogP contribution in [0.3, 0.4) is 0 Å². The highest BCUT2D eigenvalue weighted by Crippen LogP contribution is 2.18. The van der Waals surface area contributed by atoms with Crippen molar-refractivity contribution in [2.24, 2.45) is 0 Å². The van der Waals surface area contributed by atoms with Crippen molar-refractivity contribution < 1.29 is 4.74 Å². The number of nitrogens with one attached hydrogen (secondary N) is 1. The number of ether oxygens (including phenoxy) is 1. The van der Waals surface area contributed by atoms with Crippen LogP contribution in [0.1, 0.15) is 31.9 Å². The van der Waals surface area contributed by atoms with Gasteiger partial charge in [-0.15, -0.1) is 0 Å². The maximum Gasteiger partial charge on any atom is 0.101 e. The Morgan fingerprint density at radius 2 is 2.12 bits per heavy atom. The summed E-state index contributed by atoms with van der Waals surface area (Å²) in [4.78, 5) is 0. The first-order valence-electron chi connectivity index (χ1n) is 5.87. The standard InChI is InChI=1S/C14H20N2O/c1-5-17-14(3,4)10-16-13-8-11(2)6-7-12(13)9-15/h6-8,16H,5,10H2,1-4H3. The number of benzene rings is 1. The molecule has 0 saturated carbocycles. The summed E-state index contributed by atoms with van der Waals surface area (Å²) in [7, 11) is 0. The Hall–Kier alpha value is -1.53. The lowest BCUT2D eigenvalue weighted by atomic mass is 10.1. The molecule has 0 aliphatic heterocycles. The predicted molar refractivity (Wildman–Crippen MR) is 70.1 cm³/mol. The van der Waals surface area contributed by atoms with Crippen LogP contribution in [0.5, 0.6) is 0 Å². The minimum Gasteiger partial charge on any atom is -0.381 e. The molecule has 1 aromatic rings. The molecular formula is C14H20N2O. The second kappa shape index (κ2) is 5.70. The summed E-state index contributed by atoms with van der Waals surface area (Å²) < 4.78 is 5.61. The van der Waals surface area contributed by atoms with Gasteiger partial charge in [0.25, 0.3) is 0 Å². The van der Waals surface area contributed by atoms with Gasteiger partial charge in [-0.3, -0.25) is 0 Å². The molecule has 0 aliphatic rings. The third-order valence-electron chi connectivity index (χ3n) is 2.54. The zero-order chi connectivity index (χ0) is 12.9. The van der Waals surface area contributed by atoms with E-state index < -0.39 is 0 Å². The Bertz CT molecular complexity index is 419. The minimum atomic E-state index is -0.231. The van der Waals surface area contributed by atoms with Crippen LogP contribution in [-0.4, -0.2) is 18.8 Å². The molecule has 1 N–H and O–H groups in total. The average molecular weight is 232 g/mol. The normalized spacial score (nSPS) is 11.0. The van der Waals surface area contributed by atoms with E-state index in [0.29, 0.717) is 18.7 Å². The van der Waals surface area contributed by atoms with Gasteiger partial charge in [0.1, 0.15) is 6.07 Å². The Morgan fingerprint density at radius 3 is 2.71 bits per heavy atom. The fraction of sp³-hybridized carbons (Fsp3) is 0.500. The molecule has 3 heteroatoms. The van der Waals surface area contributed by atoms with Gasteiger partial charge in [-0.2, -0.15) is 5.26 Å². The number of hydrogen-bond acceptors (Lipinski definition) is 3. The van der Waals surface area contributed by atoms with Crippen LogP contribution in [0.4, 0.5) is 5.69 Å². The van der Waals surface area contributed by atoms with E-state index in [-0.39, 0.29) is 5.60 Å². The van der Waals surface area contributed by atoms with Gasteiger partial charge in [0, 0.05) is 13.2 Å². The van der Waals surface area contributed by atoms with Crippen molar-refractivity contribution in [1.82, 2.24) is 0 Å². The first-order chi connectivity index (χ1) is 7.98. The zero-order valence-corrected chi connectivity index (χ0v) is 11.0. The van der Waals surface area contributed by atoms with Crippen LogP contribution >= 0.6 is 0 Å². The third-order valence-corrected chi connectivity index (χ3v) is 2.54. The number of hydrogen-bond donors (Lipinski definition) is 1. The first-order valence-corrected chi connectivity index (χ1v) is 5.87. The van der Waals surface area contributed by atoms with Gasteiger partial charge in [0.15, 0.2) is 0 Å². The van der Waals surface area contributed by atoms with Crippen molar-refractivity contribution in [2.45, 2.75) is 33.3 Å². The number of nitriles is 1. The lowest BCUT2D eigenvalue weighted by molar-refractivity contribution is 0.000695. The molecule has 0 radical (unpaired) electrons. The highest BCUT2D eigenvalue weighted by atomic mass is 16.5. The molecule has 0 unspecified atom stereocenters. The second-order valence-electron chi connectivity index (χ2n) is 4.71. The van der Waals surface area contributed by atoms with Gasteiger partial charge in [0.05, 0.1) is 16.9 Å². The van der Waals surface area contributed by atoms with Crippen molar-refractivity contribution in [3.05, 3.63) is 29.3 Å². The first kappa shape index (κ1) is 13.5. The molecule has 17 heavy (non-hydrogen) atoms. The molecule has 0 bridgehead atoms. The van der Waals surface area contributed by atoms with E-state index in [0.717, 1.165) is 11.3 Å². The van der Waals surface area contributed by atoms with Gasteiger partial charge >= 0.3 is 0 Å². The fourth-order valence-corrected chi connectivity index (χ4v) is 1.65. The monoisotopic (exact) mass is 232 g/mol. The van der Waals surface area contributed by atoms with Gasteiger partial charge in [-0.25, -0.2) is 0 Å². The molecule has 0 atom stereocenters. The molecule has 0 spiro atoms. The summed E-state index contributed by atoms with van der Waals surface area (Å²) in [6.07, 6.45) is 0. The van der Waals surface area contributed by atoms with Gasteiger partial charge in [-0.05, 0) is 45.4 Å². The minimum absolute atomic E-state index is 0.231. The molecule has 92 valence electrons. The van der Waals surface area contributed by atoms with Crippen LogP contribution in [0, 0.1) is 18.3 Å². The summed E-state index contributed by atoms with van der Waals surface area (Å²) >= 11 is 0. The molecule has 3 nitrogen and oxygen atoms in total. The van der Waals surface area contributed by atoms with Crippen molar-refractivity contribution in [2.75, 3.05) is 18.5 Å². The molecular weight excluding hydrogens is 212 g/mol. The number of aryl methyl sites for hydroxylation is 1. The number of rotatable bonds is 5. The van der Waals surface area contributed by atoms with Gasteiger partial charge in [-0.1, -0.05) is 6.07 Å². The second-order valence-corrected chi connectivity index (χ2v) is 4.71. The van der Waals surface area contributed by atoms with Crippen molar-refractivity contribution in [1.29, 1.82) is 5.26 Å². The zero-order valence-electron chi connectivity index (χ0n) is 11.0. The van der Waals surface area contributed by atoms with Crippen molar-refractivity contribution in [3.8, 4) is 6.07 Å². The molecule has 1 rings (SSSR count). The highest BCUT2D eigenvalue weighted by Gasteiger charge is 2.17. The molecule has 0 fully saturated rings. The number of anilines is 1. The van der Waals surface area contributed by atoms with E-state index in [9.17, 15) is 0 Å². The lowest BCUT2D eigenvalue weighted by Gasteiger charge is -2.25. The molecule has 0 saturated heterocycles. The van der Waals surface area contributed by atoms with Crippen LogP contribution in [-0.2, 0) is 4.74 Å². The topological polar surface area (TPSA) is 45.0 Å². The summed E-state index contributed by atoms with van der Waals surface area (Å²) in [6, 6.07) is 7.95. The van der Waals surface area contributed by atoms with Gasteiger partial charge in [0.2, 0.25) is 0 Å². The molecule has 0 heterocycles. The van der Waals surface area contributed by atoms with Gasteiger partial charge < -0.3 is 10.1 Å². The molecule has 1 aromatic carbocycles. The Labute approximate surface area is 103 Å². The maximum absolute atomic E-state index is 9.02. The maximum atomic E-state index is 9.02. The van der Waals surface area contributed by atoms with Crippen LogP contribution in [0.15, 0.2) is 18.2 Å².